The molecule has 0 fully saturated rings. The predicted molar refractivity (Wildman–Crippen MR) is 88.3 cm³/mol. The summed E-state index contributed by atoms with van der Waals surface area (Å²) in [5.41, 5.74) is 1.01. The first kappa shape index (κ1) is 19.0. The quantitative estimate of drug-likeness (QED) is 0.608. The number of aryl methyl sites for hydroxylation is 1. The van der Waals surface area contributed by atoms with Crippen LogP contribution in [0.2, 0.25) is 0 Å². The summed E-state index contributed by atoms with van der Waals surface area (Å²) in [6, 6.07) is 3.50. The minimum absolute atomic E-state index is 0.102. The zero-order valence-electron chi connectivity index (χ0n) is 13.8. The lowest BCUT2D eigenvalue weighted by molar-refractivity contribution is -0.120. The van der Waals surface area contributed by atoms with Gasteiger partial charge in [-0.15, -0.1) is 0 Å². The highest BCUT2D eigenvalue weighted by molar-refractivity contribution is 8.00. The number of carbonyl (C=O) groups excluding carboxylic acids is 2. The average Bonchev–Trinajstić information content (AvgIpc) is 2.52. The third-order valence-electron chi connectivity index (χ3n) is 3.00. The van der Waals surface area contributed by atoms with Gasteiger partial charge >= 0.3 is 5.97 Å². The highest BCUT2D eigenvalue weighted by atomic mass is 32.2. The summed E-state index contributed by atoms with van der Waals surface area (Å²) >= 11 is 1.20. The van der Waals surface area contributed by atoms with E-state index in [1.807, 2.05) is 13.0 Å². The van der Waals surface area contributed by atoms with Crippen molar-refractivity contribution in [3.63, 3.8) is 0 Å². The van der Waals surface area contributed by atoms with E-state index in [0.717, 1.165) is 6.42 Å². The largest absolute Gasteiger partial charge is 0.462 e. The van der Waals surface area contributed by atoms with Gasteiger partial charge in [-0.25, -0.2) is 9.78 Å². The van der Waals surface area contributed by atoms with E-state index in [1.54, 1.807) is 20.8 Å². The third kappa shape index (κ3) is 5.25. The normalized spacial score (nSPS) is 11.4. The van der Waals surface area contributed by atoms with Crippen molar-refractivity contribution in [1.82, 2.24) is 10.3 Å². The molecule has 1 heterocycles. The van der Waals surface area contributed by atoms with Crippen molar-refractivity contribution in [2.45, 2.75) is 44.4 Å². The van der Waals surface area contributed by atoms with Crippen molar-refractivity contribution in [1.29, 1.82) is 5.26 Å². The fourth-order valence-electron chi connectivity index (χ4n) is 1.78. The molecule has 1 aromatic rings. The molecule has 7 heteroatoms. The number of hydrogen-bond donors (Lipinski definition) is 1. The molecule has 1 N–H and O–H groups in total. The maximum Gasteiger partial charge on any atom is 0.340 e. The minimum Gasteiger partial charge on any atom is -0.462 e. The van der Waals surface area contributed by atoms with E-state index in [9.17, 15) is 14.9 Å². The van der Waals surface area contributed by atoms with Crippen LogP contribution in [-0.4, -0.2) is 35.3 Å². The topological polar surface area (TPSA) is 92.1 Å². The number of rotatable bonds is 7. The lowest BCUT2D eigenvalue weighted by atomic mass is 10.1. The third-order valence-corrected chi connectivity index (χ3v) is 4.10. The Kier molecular flexibility index (Phi) is 7.55. The van der Waals surface area contributed by atoms with Crippen LogP contribution in [0.3, 0.4) is 0 Å². The molecule has 0 spiro atoms. The number of amides is 1. The van der Waals surface area contributed by atoms with Crippen LogP contribution in [0, 0.1) is 18.3 Å². The second-order valence-electron chi connectivity index (χ2n) is 4.86. The van der Waals surface area contributed by atoms with Crippen LogP contribution in [0.1, 0.15) is 48.8 Å². The summed E-state index contributed by atoms with van der Waals surface area (Å²) < 4.78 is 4.95. The molecule has 0 aromatic carbocycles. The molecular weight excluding hydrogens is 314 g/mol. The maximum atomic E-state index is 11.9. The van der Waals surface area contributed by atoms with Gasteiger partial charge in [-0.05, 0) is 33.3 Å². The second kappa shape index (κ2) is 9.16. The Bertz CT molecular complexity index is 626. The van der Waals surface area contributed by atoms with Gasteiger partial charge in [0.1, 0.15) is 11.1 Å². The zero-order valence-corrected chi connectivity index (χ0v) is 14.6. The molecule has 1 aromatic heterocycles. The molecule has 0 aliphatic rings. The number of ether oxygens (including phenoxy) is 1. The van der Waals surface area contributed by atoms with E-state index in [2.05, 4.69) is 10.3 Å². The molecule has 1 rings (SSSR count). The van der Waals surface area contributed by atoms with Crippen LogP contribution in [0.5, 0.6) is 0 Å². The van der Waals surface area contributed by atoms with Crippen LogP contribution in [0.4, 0.5) is 0 Å². The molecule has 124 valence electrons. The molecule has 0 bridgehead atoms. The molecule has 6 nitrogen and oxygen atoms in total. The van der Waals surface area contributed by atoms with Gasteiger partial charge in [-0.3, -0.25) is 4.79 Å². The van der Waals surface area contributed by atoms with Crippen molar-refractivity contribution in [3.8, 4) is 6.07 Å². The zero-order chi connectivity index (χ0) is 17.4. The number of nitrogens with zero attached hydrogens (tertiary/aromatic N) is 2. The van der Waals surface area contributed by atoms with Gasteiger partial charge in [0.05, 0.1) is 28.7 Å². The van der Waals surface area contributed by atoms with Crippen molar-refractivity contribution < 1.29 is 14.3 Å². The number of hydrogen-bond acceptors (Lipinski definition) is 6. The fourth-order valence-corrected chi connectivity index (χ4v) is 2.73. The Balaban J connectivity index is 3.00. The van der Waals surface area contributed by atoms with Crippen LogP contribution in [0.15, 0.2) is 11.1 Å². The molecule has 0 saturated heterocycles. The summed E-state index contributed by atoms with van der Waals surface area (Å²) in [5.74, 6) is -0.603. The molecule has 0 saturated carbocycles. The number of aromatic nitrogens is 1. The Morgan fingerprint density at radius 1 is 1.48 bits per heavy atom. The number of nitrogens with one attached hydrogen (secondary N) is 1. The predicted octanol–water partition coefficient (Wildman–Crippen LogP) is 2.45. The molecule has 1 atom stereocenters. The number of pyridine rings is 1. The van der Waals surface area contributed by atoms with E-state index in [1.165, 1.54) is 17.8 Å². The lowest BCUT2D eigenvalue weighted by Crippen LogP contribution is -2.31. The maximum absolute atomic E-state index is 11.9. The van der Waals surface area contributed by atoms with E-state index in [4.69, 9.17) is 4.74 Å². The summed E-state index contributed by atoms with van der Waals surface area (Å²) in [5, 5.41) is 12.1. The smallest absolute Gasteiger partial charge is 0.340 e. The van der Waals surface area contributed by atoms with E-state index in [-0.39, 0.29) is 28.9 Å². The molecule has 23 heavy (non-hydrogen) atoms. The molecule has 0 aliphatic heterocycles. The van der Waals surface area contributed by atoms with E-state index >= 15 is 0 Å². The van der Waals surface area contributed by atoms with Crippen LogP contribution >= 0.6 is 11.8 Å². The number of esters is 1. The summed E-state index contributed by atoms with van der Waals surface area (Å²) in [7, 11) is 0. The van der Waals surface area contributed by atoms with Gasteiger partial charge in [0.15, 0.2) is 0 Å². The van der Waals surface area contributed by atoms with E-state index in [0.29, 0.717) is 17.3 Å². The Morgan fingerprint density at radius 3 is 2.74 bits per heavy atom. The standard InChI is InChI=1S/C16H21N3O3S/c1-5-7-18-14(20)11(4)23-15-12(9-17)8-13(10(3)19-15)16(21)22-6-2/h8,11H,5-7H2,1-4H3,(H,18,20)/t11-/m0/s1. The van der Waals surface area contributed by atoms with Crippen LogP contribution in [-0.2, 0) is 9.53 Å². The highest BCUT2D eigenvalue weighted by Crippen LogP contribution is 2.27. The molecule has 0 unspecified atom stereocenters. The Morgan fingerprint density at radius 2 is 2.17 bits per heavy atom. The molecular formula is C16H21N3O3S. The van der Waals surface area contributed by atoms with Crippen LogP contribution < -0.4 is 5.32 Å². The van der Waals surface area contributed by atoms with Crippen molar-refractivity contribution in [2.75, 3.05) is 13.2 Å². The molecule has 0 aliphatic carbocycles. The van der Waals surface area contributed by atoms with Gasteiger partial charge in [0, 0.05) is 6.54 Å². The second-order valence-corrected chi connectivity index (χ2v) is 6.19. The average molecular weight is 335 g/mol. The van der Waals surface area contributed by atoms with Gasteiger partial charge in [0.25, 0.3) is 0 Å². The van der Waals surface area contributed by atoms with Crippen molar-refractivity contribution >= 4 is 23.6 Å². The Hall–Kier alpha value is -2.07. The highest BCUT2D eigenvalue weighted by Gasteiger charge is 2.20. The first-order chi connectivity index (χ1) is 10.9. The Labute approximate surface area is 140 Å². The van der Waals surface area contributed by atoms with E-state index < -0.39 is 5.97 Å². The van der Waals surface area contributed by atoms with Crippen molar-refractivity contribution in [2.24, 2.45) is 0 Å². The van der Waals surface area contributed by atoms with Gasteiger partial charge in [-0.1, -0.05) is 18.7 Å². The van der Waals surface area contributed by atoms with Gasteiger partial charge in [0.2, 0.25) is 5.91 Å². The summed E-state index contributed by atoms with van der Waals surface area (Å²) in [6.07, 6.45) is 0.859. The fraction of sp³-hybridized carbons (Fsp3) is 0.500. The number of thioether (sulfide) groups is 1. The monoisotopic (exact) mass is 335 g/mol. The lowest BCUT2D eigenvalue weighted by Gasteiger charge is -2.13. The number of nitriles is 1. The molecule has 0 radical (unpaired) electrons. The summed E-state index contributed by atoms with van der Waals surface area (Å²) in [6.45, 7) is 8.00. The minimum atomic E-state index is -0.501. The van der Waals surface area contributed by atoms with Crippen LogP contribution in [0.25, 0.3) is 0 Å². The first-order valence-electron chi connectivity index (χ1n) is 7.47. The number of carbonyl (C=O) groups is 2. The van der Waals surface area contributed by atoms with Gasteiger partial charge in [-0.2, -0.15) is 5.26 Å². The SMILES string of the molecule is CCCNC(=O)[C@H](C)Sc1nc(C)c(C(=O)OCC)cc1C#N. The first-order valence-corrected chi connectivity index (χ1v) is 8.35. The van der Waals surface area contributed by atoms with Crippen molar-refractivity contribution in [3.05, 3.63) is 22.9 Å². The summed E-state index contributed by atoms with van der Waals surface area (Å²) in [4.78, 5) is 28.1. The molecule has 1 amide bonds. The van der Waals surface area contributed by atoms with Gasteiger partial charge < -0.3 is 10.1 Å².